The summed E-state index contributed by atoms with van der Waals surface area (Å²) in [6, 6.07) is 0.392. The van der Waals surface area contributed by atoms with Crippen LogP contribution in [-0.2, 0) is 4.79 Å². The monoisotopic (exact) mass is 268 g/mol. The van der Waals surface area contributed by atoms with Crippen molar-refractivity contribution in [2.24, 2.45) is 0 Å². The summed E-state index contributed by atoms with van der Waals surface area (Å²) in [5.74, 6) is 0.323. The largest absolute Gasteiger partial charge is 0.337 e. The number of likely N-dealkylation sites (N-methyl/N-ethyl adjacent to an activating group) is 1. The van der Waals surface area contributed by atoms with Crippen LogP contribution in [0.1, 0.15) is 19.8 Å². The van der Waals surface area contributed by atoms with Gasteiger partial charge in [0, 0.05) is 45.3 Å². The number of nitrogens with zero attached hydrogens (tertiary/aromatic N) is 3. The molecular weight excluding hydrogens is 240 g/mol. The highest BCUT2D eigenvalue weighted by molar-refractivity contribution is 5.78. The molecule has 2 aliphatic heterocycles. The van der Waals surface area contributed by atoms with Crippen molar-refractivity contribution >= 4 is 5.91 Å². The van der Waals surface area contributed by atoms with Crippen molar-refractivity contribution in [1.29, 1.82) is 0 Å². The van der Waals surface area contributed by atoms with Gasteiger partial charge >= 0.3 is 0 Å². The van der Waals surface area contributed by atoms with E-state index in [0.717, 1.165) is 58.7 Å². The molecule has 0 spiro atoms. The number of carbonyl (C=O) groups is 1. The molecule has 1 unspecified atom stereocenters. The highest BCUT2D eigenvalue weighted by Gasteiger charge is 2.27. The van der Waals surface area contributed by atoms with Crippen LogP contribution in [0.15, 0.2) is 0 Å². The zero-order valence-electron chi connectivity index (χ0n) is 12.4. The van der Waals surface area contributed by atoms with Gasteiger partial charge in [0.15, 0.2) is 0 Å². The smallest absolute Gasteiger partial charge is 0.237 e. The quantitative estimate of drug-likeness (QED) is 0.772. The van der Waals surface area contributed by atoms with Crippen molar-refractivity contribution in [3.8, 4) is 0 Å². The van der Waals surface area contributed by atoms with E-state index in [0.29, 0.717) is 18.5 Å². The summed E-state index contributed by atoms with van der Waals surface area (Å²) in [7, 11) is 2.16. The first kappa shape index (κ1) is 14.8. The fourth-order valence-corrected chi connectivity index (χ4v) is 3.07. The Hall–Kier alpha value is -0.650. The van der Waals surface area contributed by atoms with Gasteiger partial charge in [-0.2, -0.15) is 0 Å². The topological polar surface area (TPSA) is 38.8 Å². The van der Waals surface area contributed by atoms with Crippen LogP contribution in [0, 0.1) is 0 Å². The molecule has 110 valence electrons. The zero-order chi connectivity index (χ0) is 13.7. The molecule has 1 atom stereocenters. The van der Waals surface area contributed by atoms with E-state index in [1.54, 1.807) is 0 Å². The van der Waals surface area contributed by atoms with Crippen LogP contribution in [0.3, 0.4) is 0 Å². The van der Waals surface area contributed by atoms with Crippen molar-refractivity contribution in [1.82, 2.24) is 20.0 Å². The van der Waals surface area contributed by atoms with Gasteiger partial charge in [-0.15, -0.1) is 0 Å². The Bertz CT molecular complexity index is 291. The van der Waals surface area contributed by atoms with Crippen molar-refractivity contribution in [3.05, 3.63) is 0 Å². The van der Waals surface area contributed by atoms with Crippen LogP contribution in [0.5, 0.6) is 0 Å². The highest BCUT2D eigenvalue weighted by atomic mass is 16.2. The Morgan fingerprint density at radius 3 is 2.63 bits per heavy atom. The van der Waals surface area contributed by atoms with E-state index in [9.17, 15) is 4.79 Å². The lowest BCUT2D eigenvalue weighted by Crippen LogP contribution is -2.51. The van der Waals surface area contributed by atoms with Gasteiger partial charge in [0.05, 0.1) is 6.54 Å². The van der Waals surface area contributed by atoms with Crippen LogP contribution in [0.2, 0.25) is 0 Å². The second-order valence-electron chi connectivity index (χ2n) is 5.79. The van der Waals surface area contributed by atoms with Crippen LogP contribution in [0.4, 0.5) is 0 Å². The first-order valence-corrected chi connectivity index (χ1v) is 7.61. The molecule has 2 fully saturated rings. The molecule has 1 N–H and O–H groups in total. The molecule has 0 aromatic rings. The molecule has 2 aliphatic rings. The second-order valence-corrected chi connectivity index (χ2v) is 5.79. The van der Waals surface area contributed by atoms with E-state index in [1.165, 1.54) is 0 Å². The Labute approximate surface area is 116 Å². The summed E-state index contributed by atoms with van der Waals surface area (Å²) in [6.07, 6.45) is 2.15. The minimum atomic E-state index is 0.323. The van der Waals surface area contributed by atoms with Gasteiger partial charge in [-0.25, -0.2) is 0 Å². The van der Waals surface area contributed by atoms with E-state index in [1.807, 2.05) is 0 Å². The van der Waals surface area contributed by atoms with Gasteiger partial charge in [-0.1, -0.05) is 6.92 Å². The van der Waals surface area contributed by atoms with Gasteiger partial charge in [-0.05, 0) is 26.4 Å². The summed E-state index contributed by atoms with van der Waals surface area (Å²) in [5, 5.41) is 3.33. The Kier molecular flexibility index (Phi) is 5.60. The summed E-state index contributed by atoms with van der Waals surface area (Å²) < 4.78 is 0. The standard InChI is InChI=1S/C14H28N4O/c1-3-13-11-16(2)7-4-8-18(13)14(19)12-17-9-5-15-6-10-17/h13,15H,3-12H2,1-2H3. The number of hydrogen-bond acceptors (Lipinski definition) is 4. The van der Waals surface area contributed by atoms with Gasteiger partial charge in [0.2, 0.25) is 5.91 Å². The average molecular weight is 268 g/mol. The molecule has 2 heterocycles. The molecule has 5 nitrogen and oxygen atoms in total. The summed E-state index contributed by atoms with van der Waals surface area (Å²) >= 11 is 0. The first-order chi connectivity index (χ1) is 9.20. The fourth-order valence-electron chi connectivity index (χ4n) is 3.07. The fraction of sp³-hybridized carbons (Fsp3) is 0.929. The van der Waals surface area contributed by atoms with Crippen molar-refractivity contribution < 1.29 is 4.79 Å². The van der Waals surface area contributed by atoms with Gasteiger partial charge in [0.25, 0.3) is 0 Å². The molecule has 2 rings (SSSR count). The maximum absolute atomic E-state index is 12.5. The van der Waals surface area contributed by atoms with Crippen LogP contribution in [-0.4, -0.2) is 86.1 Å². The summed E-state index contributed by atoms with van der Waals surface area (Å²) in [4.78, 5) is 19.3. The third kappa shape index (κ3) is 4.16. The normalized spacial score (nSPS) is 27.3. The minimum absolute atomic E-state index is 0.323. The zero-order valence-corrected chi connectivity index (χ0v) is 12.4. The van der Waals surface area contributed by atoms with Crippen LogP contribution in [0.25, 0.3) is 0 Å². The van der Waals surface area contributed by atoms with Crippen molar-refractivity contribution in [2.45, 2.75) is 25.8 Å². The molecule has 1 amide bonds. The number of carbonyl (C=O) groups excluding carboxylic acids is 1. The maximum atomic E-state index is 12.5. The lowest BCUT2D eigenvalue weighted by Gasteiger charge is -2.33. The van der Waals surface area contributed by atoms with E-state index in [2.05, 4.69) is 34.0 Å². The first-order valence-electron chi connectivity index (χ1n) is 7.61. The number of piperazine rings is 1. The molecule has 0 aromatic heterocycles. The van der Waals surface area contributed by atoms with Crippen LogP contribution >= 0.6 is 0 Å². The second kappa shape index (κ2) is 7.22. The molecule has 0 radical (unpaired) electrons. The number of amides is 1. The van der Waals surface area contributed by atoms with E-state index >= 15 is 0 Å². The predicted molar refractivity (Wildman–Crippen MR) is 77.2 cm³/mol. The predicted octanol–water partition coefficient (Wildman–Crippen LogP) is -0.166. The molecule has 19 heavy (non-hydrogen) atoms. The number of nitrogens with one attached hydrogen (secondary N) is 1. The van der Waals surface area contributed by atoms with Crippen LogP contribution < -0.4 is 5.32 Å². The molecule has 5 heteroatoms. The Balaban J connectivity index is 1.91. The lowest BCUT2D eigenvalue weighted by atomic mass is 10.2. The average Bonchev–Trinajstić information content (AvgIpc) is 2.61. The van der Waals surface area contributed by atoms with Crippen molar-refractivity contribution in [3.63, 3.8) is 0 Å². The summed E-state index contributed by atoms with van der Waals surface area (Å²) in [5.41, 5.74) is 0. The Morgan fingerprint density at radius 1 is 1.21 bits per heavy atom. The molecule has 0 aromatic carbocycles. The number of hydrogen-bond donors (Lipinski definition) is 1. The maximum Gasteiger partial charge on any atom is 0.237 e. The molecule has 2 saturated heterocycles. The molecule has 0 aliphatic carbocycles. The van der Waals surface area contributed by atoms with E-state index in [4.69, 9.17) is 0 Å². The van der Waals surface area contributed by atoms with Gasteiger partial charge in [0.1, 0.15) is 0 Å². The SMILES string of the molecule is CCC1CN(C)CCCN1C(=O)CN1CCNCC1. The Morgan fingerprint density at radius 2 is 1.95 bits per heavy atom. The highest BCUT2D eigenvalue weighted by Crippen LogP contribution is 2.12. The van der Waals surface area contributed by atoms with Crippen molar-refractivity contribution in [2.75, 3.05) is 59.4 Å². The lowest BCUT2D eigenvalue weighted by molar-refractivity contribution is -0.134. The molecule has 0 bridgehead atoms. The third-order valence-corrected chi connectivity index (χ3v) is 4.26. The van der Waals surface area contributed by atoms with E-state index in [-0.39, 0.29) is 0 Å². The van der Waals surface area contributed by atoms with Gasteiger partial charge < -0.3 is 15.1 Å². The molecular formula is C14H28N4O. The van der Waals surface area contributed by atoms with E-state index < -0.39 is 0 Å². The third-order valence-electron chi connectivity index (χ3n) is 4.26. The molecule has 0 saturated carbocycles. The minimum Gasteiger partial charge on any atom is -0.337 e. The number of rotatable bonds is 3. The summed E-state index contributed by atoms with van der Waals surface area (Å²) in [6.45, 7) is 9.84. The van der Waals surface area contributed by atoms with Gasteiger partial charge in [-0.3, -0.25) is 9.69 Å².